The minimum Gasteiger partial charge on any atom is -0.443 e. The van der Waals surface area contributed by atoms with Crippen LogP contribution in [0.5, 0.6) is 0 Å². The summed E-state index contributed by atoms with van der Waals surface area (Å²) in [5, 5.41) is 1.26. The molecule has 2 aromatic carbocycles. The number of nitrogens with one attached hydrogen (secondary N) is 1. The second-order valence-corrected chi connectivity index (χ2v) is 6.36. The molecule has 0 fully saturated rings. The smallest absolute Gasteiger partial charge is 0.426 e. The van der Waals surface area contributed by atoms with Crippen LogP contribution in [0.2, 0.25) is 0 Å². The summed E-state index contributed by atoms with van der Waals surface area (Å²) in [6.07, 6.45) is -0.664. The van der Waals surface area contributed by atoms with E-state index in [1.54, 1.807) is 45.0 Å². The van der Waals surface area contributed by atoms with E-state index in [0.717, 1.165) is 5.56 Å². The second kappa shape index (κ2) is 7.64. The summed E-state index contributed by atoms with van der Waals surface area (Å²) in [6.45, 7) is 5.56. The fraction of sp³-hybridized carbons (Fsp3) is 0.263. The maximum absolute atomic E-state index is 12.7. The highest BCUT2D eigenvalue weighted by Crippen LogP contribution is 2.11. The van der Waals surface area contributed by atoms with E-state index >= 15 is 0 Å². The average Bonchev–Trinajstić information content (AvgIpc) is 2.53. The van der Waals surface area contributed by atoms with Gasteiger partial charge in [0.05, 0.1) is 6.54 Å². The van der Waals surface area contributed by atoms with Crippen LogP contribution in [0.15, 0.2) is 60.7 Å². The van der Waals surface area contributed by atoms with Gasteiger partial charge in [-0.05, 0) is 38.5 Å². The Balaban J connectivity index is 2.18. The molecule has 2 rings (SSSR count). The fourth-order valence-electron chi connectivity index (χ4n) is 2.08. The molecule has 5 nitrogen and oxygen atoms in total. The van der Waals surface area contributed by atoms with Gasteiger partial charge in [-0.15, -0.1) is 0 Å². The molecule has 0 aromatic heterocycles. The third-order valence-electron chi connectivity index (χ3n) is 3.07. The van der Waals surface area contributed by atoms with Gasteiger partial charge >= 0.3 is 6.09 Å². The van der Waals surface area contributed by atoms with Crippen molar-refractivity contribution in [1.29, 1.82) is 0 Å². The lowest BCUT2D eigenvalue weighted by molar-refractivity contribution is 0.0281. The van der Waals surface area contributed by atoms with Crippen molar-refractivity contribution in [2.45, 2.75) is 32.9 Å². The summed E-state index contributed by atoms with van der Waals surface area (Å²) in [4.78, 5) is 24.8. The van der Waals surface area contributed by atoms with Crippen molar-refractivity contribution >= 4 is 12.0 Å². The molecule has 0 bridgehead atoms. The Hall–Kier alpha value is -2.82. The Morgan fingerprint density at radius 3 is 2.04 bits per heavy atom. The van der Waals surface area contributed by atoms with Crippen LogP contribution in [0.4, 0.5) is 4.79 Å². The number of nitrogens with zero attached hydrogens (tertiary/aromatic N) is 1. The predicted octanol–water partition coefficient (Wildman–Crippen LogP) is 3.77. The highest BCUT2D eigenvalue weighted by molar-refractivity contribution is 5.94. The Kier molecular flexibility index (Phi) is 5.58. The van der Waals surface area contributed by atoms with E-state index in [1.165, 1.54) is 5.01 Å². The number of hydrogen-bond acceptors (Lipinski definition) is 3. The SMILES string of the molecule is CC(C)(C)OC(=O)NN(Cc1ccccc1)C(=O)c1ccccc1. The maximum Gasteiger partial charge on any atom is 0.426 e. The minimum atomic E-state index is -0.664. The summed E-state index contributed by atoms with van der Waals surface area (Å²) in [5.41, 5.74) is 3.29. The van der Waals surface area contributed by atoms with E-state index in [1.807, 2.05) is 36.4 Å². The minimum absolute atomic E-state index is 0.244. The lowest BCUT2D eigenvalue weighted by atomic mass is 10.2. The quantitative estimate of drug-likeness (QED) is 0.874. The summed E-state index contributed by atoms with van der Waals surface area (Å²) in [6, 6.07) is 18.2. The molecule has 0 saturated heterocycles. The number of hydrogen-bond donors (Lipinski definition) is 1. The van der Waals surface area contributed by atoms with Crippen LogP contribution in [0.25, 0.3) is 0 Å². The van der Waals surface area contributed by atoms with Crippen LogP contribution in [-0.2, 0) is 11.3 Å². The fourth-order valence-corrected chi connectivity index (χ4v) is 2.08. The molecule has 0 aliphatic carbocycles. The summed E-state index contributed by atoms with van der Waals surface area (Å²) in [7, 11) is 0. The van der Waals surface area contributed by atoms with Crippen molar-refractivity contribution in [3.63, 3.8) is 0 Å². The van der Waals surface area contributed by atoms with Crippen molar-refractivity contribution in [3.05, 3.63) is 71.8 Å². The lowest BCUT2D eigenvalue weighted by Crippen LogP contribution is -2.47. The first kappa shape index (κ1) is 17.5. The van der Waals surface area contributed by atoms with Crippen LogP contribution in [0.1, 0.15) is 36.7 Å². The van der Waals surface area contributed by atoms with Crippen molar-refractivity contribution in [2.24, 2.45) is 0 Å². The third-order valence-corrected chi connectivity index (χ3v) is 3.07. The van der Waals surface area contributed by atoms with Crippen molar-refractivity contribution in [2.75, 3.05) is 0 Å². The van der Waals surface area contributed by atoms with Crippen molar-refractivity contribution in [3.8, 4) is 0 Å². The molecular formula is C19H22N2O3. The first-order valence-corrected chi connectivity index (χ1v) is 7.75. The van der Waals surface area contributed by atoms with Crippen molar-refractivity contribution < 1.29 is 14.3 Å². The molecule has 24 heavy (non-hydrogen) atoms. The van der Waals surface area contributed by atoms with Gasteiger partial charge in [-0.3, -0.25) is 4.79 Å². The van der Waals surface area contributed by atoms with E-state index < -0.39 is 11.7 Å². The first-order valence-electron chi connectivity index (χ1n) is 7.75. The van der Waals surface area contributed by atoms with Gasteiger partial charge in [-0.1, -0.05) is 48.5 Å². The topological polar surface area (TPSA) is 58.6 Å². The molecule has 0 aliphatic heterocycles. The van der Waals surface area contributed by atoms with Gasteiger partial charge < -0.3 is 4.74 Å². The number of benzene rings is 2. The van der Waals surface area contributed by atoms with Gasteiger partial charge in [-0.25, -0.2) is 15.2 Å². The molecule has 0 aliphatic rings. The number of hydrazine groups is 1. The molecule has 2 aromatic rings. The Morgan fingerprint density at radius 1 is 0.958 bits per heavy atom. The van der Waals surface area contributed by atoms with E-state index in [-0.39, 0.29) is 12.5 Å². The van der Waals surface area contributed by atoms with Gasteiger partial charge in [0, 0.05) is 5.56 Å². The predicted molar refractivity (Wildman–Crippen MR) is 92.1 cm³/mol. The number of carbonyl (C=O) groups is 2. The molecule has 0 radical (unpaired) electrons. The standard InChI is InChI=1S/C19H22N2O3/c1-19(2,3)24-18(23)20-21(14-15-10-6-4-7-11-15)17(22)16-12-8-5-9-13-16/h4-13H,14H2,1-3H3,(H,20,23). The van der Waals surface area contributed by atoms with Gasteiger partial charge in [0.15, 0.2) is 0 Å². The number of rotatable bonds is 3. The molecule has 0 heterocycles. The van der Waals surface area contributed by atoms with Crippen LogP contribution in [-0.4, -0.2) is 22.6 Å². The zero-order chi connectivity index (χ0) is 17.6. The van der Waals surface area contributed by atoms with E-state index in [9.17, 15) is 9.59 Å². The molecule has 0 atom stereocenters. The maximum atomic E-state index is 12.7. The molecule has 0 spiro atoms. The third kappa shape index (κ3) is 5.43. The number of ether oxygens (including phenoxy) is 1. The Labute approximate surface area is 142 Å². The highest BCUT2D eigenvalue weighted by Gasteiger charge is 2.22. The van der Waals surface area contributed by atoms with Crippen molar-refractivity contribution in [1.82, 2.24) is 10.4 Å². The molecule has 5 heteroatoms. The molecule has 2 amide bonds. The normalized spacial score (nSPS) is 10.8. The summed E-state index contributed by atoms with van der Waals surface area (Å²) < 4.78 is 5.25. The average molecular weight is 326 g/mol. The molecule has 126 valence electrons. The monoisotopic (exact) mass is 326 g/mol. The highest BCUT2D eigenvalue weighted by atomic mass is 16.6. The van der Waals surface area contributed by atoms with E-state index in [0.29, 0.717) is 5.56 Å². The number of carbonyl (C=O) groups excluding carboxylic acids is 2. The van der Waals surface area contributed by atoms with Gasteiger partial charge in [-0.2, -0.15) is 0 Å². The summed E-state index contributed by atoms with van der Waals surface area (Å²) in [5.74, 6) is -0.301. The summed E-state index contributed by atoms with van der Waals surface area (Å²) >= 11 is 0. The van der Waals surface area contributed by atoms with E-state index in [4.69, 9.17) is 4.74 Å². The zero-order valence-corrected chi connectivity index (χ0v) is 14.2. The van der Waals surface area contributed by atoms with E-state index in [2.05, 4.69) is 5.43 Å². The molecule has 0 unspecified atom stereocenters. The Bertz CT molecular complexity index is 679. The van der Waals surface area contributed by atoms with Crippen LogP contribution in [0.3, 0.4) is 0 Å². The van der Waals surface area contributed by atoms with Gasteiger partial charge in [0.25, 0.3) is 5.91 Å². The molecular weight excluding hydrogens is 304 g/mol. The number of amides is 2. The van der Waals surface area contributed by atoms with Crippen LogP contribution < -0.4 is 5.43 Å². The zero-order valence-electron chi connectivity index (χ0n) is 14.2. The second-order valence-electron chi connectivity index (χ2n) is 6.36. The van der Waals surface area contributed by atoms with Gasteiger partial charge in [0.2, 0.25) is 0 Å². The molecule has 0 saturated carbocycles. The van der Waals surface area contributed by atoms with Crippen LogP contribution >= 0.6 is 0 Å². The lowest BCUT2D eigenvalue weighted by Gasteiger charge is -2.26. The van der Waals surface area contributed by atoms with Crippen LogP contribution in [0, 0.1) is 0 Å². The molecule has 1 N–H and O–H groups in total. The van der Waals surface area contributed by atoms with Gasteiger partial charge in [0.1, 0.15) is 5.60 Å². The largest absolute Gasteiger partial charge is 0.443 e. The Morgan fingerprint density at radius 2 is 1.50 bits per heavy atom. The first-order chi connectivity index (χ1) is 11.3.